The van der Waals surface area contributed by atoms with E-state index in [1.165, 1.54) is 25.0 Å². The zero-order valence-electron chi connectivity index (χ0n) is 16.6. The second-order valence-corrected chi connectivity index (χ2v) is 6.78. The number of carbonyl (C=O) groups excluding carboxylic acids is 2. The molecule has 2 aromatic carbocycles. The van der Waals surface area contributed by atoms with Gasteiger partial charge in [0.25, 0.3) is 0 Å². The maximum absolute atomic E-state index is 11.2. The standard InChI is InChI=1S/C23H28O4/c1-5-7-16-23(6-2,19-8-12-21(13-9-19)26-17(3)24)20-10-14-22(15-11-20)27-18(4)25/h8-15H,5-7,16H2,1-4H3. The summed E-state index contributed by atoms with van der Waals surface area (Å²) in [4.78, 5) is 22.3. The number of esters is 2. The van der Waals surface area contributed by atoms with Crippen molar-refractivity contribution in [3.63, 3.8) is 0 Å². The third-order valence-electron chi connectivity index (χ3n) is 4.90. The molecule has 144 valence electrons. The van der Waals surface area contributed by atoms with Gasteiger partial charge in [0.1, 0.15) is 11.5 Å². The van der Waals surface area contributed by atoms with E-state index in [0.29, 0.717) is 11.5 Å². The second kappa shape index (κ2) is 9.36. The van der Waals surface area contributed by atoms with Crippen LogP contribution < -0.4 is 9.47 Å². The molecule has 0 aliphatic carbocycles. The summed E-state index contributed by atoms with van der Waals surface area (Å²) in [6, 6.07) is 15.5. The zero-order chi connectivity index (χ0) is 19.9. The van der Waals surface area contributed by atoms with Crippen LogP contribution in [0, 0.1) is 0 Å². The molecule has 0 saturated carbocycles. The Hall–Kier alpha value is -2.62. The summed E-state index contributed by atoms with van der Waals surface area (Å²) in [5.41, 5.74) is 2.24. The van der Waals surface area contributed by atoms with Gasteiger partial charge in [0, 0.05) is 19.3 Å². The summed E-state index contributed by atoms with van der Waals surface area (Å²) in [6.07, 6.45) is 4.16. The molecule has 0 unspecified atom stereocenters. The van der Waals surface area contributed by atoms with Gasteiger partial charge in [0.2, 0.25) is 0 Å². The van der Waals surface area contributed by atoms with Crippen LogP contribution in [0.3, 0.4) is 0 Å². The van der Waals surface area contributed by atoms with Gasteiger partial charge in [-0.15, -0.1) is 0 Å². The van der Waals surface area contributed by atoms with Crippen molar-refractivity contribution in [2.45, 2.75) is 58.8 Å². The van der Waals surface area contributed by atoms with Gasteiger partial charge in [-0.3, -0.25) is 9.59 Å². The topological polar surface area (TPSA) is 52.6 Å². The summed E-state index contributed by atoms with van der Waals surface area (Å²) in [6.45, 7) is 7.18. The van der Waals surface area contributed by atoms with E-state index in [9.17, 15) is 9.59 Å². The van der Waals surface area contributed by atoms with Crippen LogP contribution in [0.5, 0.6) is 11.5 Å². The Balaban J connectivity index is 2.42. The third-order valence-corrected chi connectivity index (χ3v) is 4.90. The molecule has 0 aliphatic heterocycles. The van der Waals surface area contributed by atoms with Gasteiger partial charge >= 0.3 is 11.9 Å². The predicted molar refractivity (Wildman–Crippen MR) is 106 cm³/mol. The van der Waals surface area contributed by atoms with Gasteiger partial charge in [-0.1, -0.05) is 51.0 Å². The largest absolute Gasteiger partial charge is 0.427 e. The Morgan fingerprint density at radius 1 is 0.778 bits per heavy atom. The van der Waals surface area contributed by atoms with Crippen LogP contribution >= 0.6 is 0 Å². The molecule has 0 atom stereocenters. The molecule has 0 aromatic heterocycles. The van der Waals surface area contributed by atoms with Crippen molar-refractivity contribution >= 4 is 11.9 Å². The number of rotatable bonds is 8. The molecule has 0 aliphatic rings. The highest BCUT2D eigenvalue weighted by Crippen LogP contribution is 2.41. The highest BCUT2D eigenvalue weighted by atomic mass is 16.5. The minimum Gasteiger partial charge on any atom is -0.427 e. The second-order valence-electron chi connectivity index (χ2n) is 6.78. The van der Waals surface area contributed by atoms with E-state index < -0.39 is 0 Å². The normalized spacial score (nSPS) is 11.1. The molecule has 0 heterocycles. The Morgan fingerprint density at radius 2 is 1.19 bits per heavy atom. The first-order valence-corrected chi connectivity index (χ1v) is 9.49. The van der Waals surface area contributed by atoms with Crippen LogP contribution in [0.1, 0.15) is 64.5 Å². The SMILES string of the molecule is CCCCC(CC)(c1ccc(OC(C)=O)cc1)c1ccc(OC(C)=O)cc1. The van der Waals surface area contributed by atoms with Crippen LogP contribution in [0.15, 0.2) is 48.5 Å². The van der Waals surface area contributed by atoms with Crippen molar-refractivity contribution in [3.8, 4) is 11.5 Å². The van der Waals surface area contributed by atoms with Crippen LogP contribution in [-0.2, 0) is 15.0 Å². The minimum atomic E-state index is -0.323. The molecule has 27 heavy (non-hydrogen) atoms. The molecular weight excluding hydrogens is 340 g/mol. The van der Waals surface area contributed by atoms with Crippen LogP contribution in [-0.4, -0.2) is 11.9 Å². The molecule has 2 rings (SSSR count). The molecule has 0 fully saturated rings. The van der Waals surface area contributed by atoms with Crippen molar-refractivity contribution in [3.05, 3.63) is 59.7 Å². The monoisotopic (exact) mass is 368 g/mol. The lowest BCUT2D eigenvalue weighted by atomic mass is 9.69. The first-order valence-electron chi connectivity index (χ1n) is 9.49. The van der Waals surface area contributed by atoms with Gasteiger partial charge < -0.3 is 9.47 Å². The van der Waals surface area contributed by atoms with Crippen molar-refractivity contribution in [1.82, 2.24) is 0 Å². The summed E-state index contributed by atoms with van der Waals surface area (Å²) in [7, 11) is 0. The Morgan fingerprint density at radius 3 is 1.48 bits per heavy atom. The van der Waals surface area contributed by atoms with E-state index in [2.05, 4.69) is 13.8 Å². The zero-order valence-corrected chi connectivity index (χ0v) is 16.6. The average molecular weight is 368 g/mol. The Bertz CT molecular complexity index is 700. The highest BCUT2D eigenvalue weighted by molar-refractivity contribution is 5.69. The van der Waals surface area contributed by atoms with Crippen LogP contribution in [0.25, 0.3) is 0 Å². The summed E-state index contributed by atoms with van der Waals surface area (Å²) in [5.74, 6) is 0.460. The van der Waals surface area contributed by atoms with Gasteiger partial charge in [-0.25, -0.2) is 0 Å². The van der Waals surface area contributed by atoms with E-state index in [-0.39, 0.29) is 17.4 Å². The smallest absolute Gasteiger partial charge is 0.308 e. The highest BCUT2D eigenvalue weighted by Gasteiger charge is 2.32. The number of carbonyl (C=O) groups is 2. The maximum Gasteiger partial charge on any atom is 0.308 e. The fraction of sp³-hybridized carbons (Fsp3) is 0.391. The number of hydrogen-bond acceptors (Lipinski definition) is 4. The molecular formula is C23H28O4. The van der Waals surface area contributed by atoms with Crippen molar-refractivity contribution in [1.29, 1.82) is 0 Å². The fourth-order valence-corrected chi connectivity index (χ4v) is 3.53. The lowest BCUT2D eigenvalue weighted by molar-refractivity contribution is -0.132. The predicted octanol–water partition coefficient (Wildman–Crippen LogP) is 5.42. The first-order chi connectivity index (χ1) is 12.9. The molecule has 0 N–H and O–H groups in total. The van der Waals surface area contributed by atoms with Crippen molar-refractivity contribution in [2.24, 2.45) is 0 Å². The van der Waals surface area contributed by atoms with Gasteiger partial charge in [-0.2, -0.15) is 0 Å². The van der Waals surface area contributed by atoms with Gasteiger partial charge in [0.15, 0.2) is 0 Å². The fourth-order valence-electron chi connectivity index (χ4n) is 3.53. The molecule has 0 saturated heterocycles. The van der Waals surface area contributed by atoms with E-state index in [0.717, 1.165) is 25.7 Å². The number of unbranched alkanes of at least 4 members (excludes halogenated alkanes) is 1. The van der Waals surface area contributed by atoms with E-state index in [1.54, 1.807) is 0 Å². The third kappa shape index (κ3) is 5.19. The van der Waals surface area contributed by atoms with Crippen LogP contribution in [0.2, 0.25) is 0 Å². The van der Waals surface area contributed by atoms with E-state index in [1.807, 2.05) is 48.5 Å². The van der Waals surface area contributed by atoms with Crippen LogP contribution in [0.4, 0.5) is 0 Å². The summed E-state index contributed by atoms with van der Waals surface area (Å²) < 4.78 is 10.3. The Labute approximate surface area is 161 Å². The number of benzene rings is 2. The Kier molecular flexibility index (Phi) is 7.17. The quantitative estimate of drug-likeness (QED) is 0.461. The molecule has 0 amide bonds. The molecule has 4 nitrogen and oxygen atoms in total. The minimum absolute atomic E-state index is 0.139. The summed E-state index contributed by atoms with van der Waals surface area (Å²) >= 11 is 0. The lowest BCUT2D eigenvalue weighted by Crippen LogP contribution is -2.27. The van der Waals surface area contributed by atoms with Gasteiger partial charge in [0.05, 0.1) is 0 Å². The maximum atomic E-state index is 11.2. The number of hydrogen-bond donors (Lipinski definition) is 0. The van der Waals surface area contributed by atoms with Gasteiger partial charge in [-0.05, 0) is 48.2 Å². The van der Waals surface area contributed by atoms with E-state index in [4.69, 9.17) is 9.47 Å². The molecule has 0 bridgehead atoms. The van der Waals surface area contributed by atoms with Crippen molar-refractivity contribution in [2.75, 3.05) is 0 Å². The summed E-state index contributed by atoms with van der Waals surface area (Å²) in [5, 5.41) is 0. The molecule has 0 spiro atoms. The molecule has 4 heteroatoms. The van der Waals surface area contributed by atoms with E-state index >= 15 is 0 Å². The lowest BCUT2D eigenvalue weighted by Gasteiger charge is -2.34. The molecule has 0 radical (unpaired) electrons. The average Bonchev–Trinajstić information content (AvgIpc) is 2.64. The molecule has 2 aromatic rings. The first kappa shape index (κ1) is 20.7. The van der Waals surface area contributed by atoms with Crippen molar-refractivity contribution < 1.29 is 19.1 Å². The number of ether oxygens (including phenoxy) is 2.